The second-order valence-corrected chi connectivity index (χ2v) is 6.90. The van der Waals surface area contributed by atoms with E-state index >= 15 is 0 Å². The first kappa shape index (κ1) is 18.9. The molecule has 0 saturated carbocycles. The molecule has 5 nitrogen and oxygen atoms in total. The number of hydrogen-bond donors (Lipinski definition) is 0. The van der Waals surface area contributed by atoms with E-state index in [9.17, 15) is 9.59 Å². The Kier molecular flexibility index (Phi) is 6.51. The number of rotatable bonds is 8. The molecule has 0 aliphatic heterocycles. The lowest BCUT2D eigenvalue weighted by Crippen LogP contribution is -2.26. The molecule has 1 aromatic carbocycles. The number of Topliss-reactive ketones (excluding diaryl/α,β-unsaturated/α-hetero) is 1. The summed E-state index contributed by atoms with van der Waals surface area (Å²) in [6.07, 6.45) is 1.41. The maximum atomic E-state index is 12.3. The highest BCUT2D eigenvalue weighted by Gasteiger charge is 2.14. The molecular formula is C20H26N2O3. The lowest BCUT2D eigenvalue weighted by Gasteiger charge is -2.15. The predicted molar refractivity (Wildman–Crippen MR) is 96.3 cm³/mol. The van der Waals surface area contributed by atoms with Gasteiger partial charge >= 0.3 is 0 Å². The van der Waals surface area contributed by atoms with Crippen molar-refractivity contribution >= 4 is 11.7 Å². The van der Waals surface area contributed by atoms with Crippen molar-refractivity contribution in [3.05, 3.63) is 52.9 Å². The van der Waals surface area contributed by atoms with Crippen LogP contribution in [0.1, 0.15) is 54.1 Å². The van der Waals surface area contributed by atoms with Gasteiger partial charge in [-0.2, -0.15) is 0 Å². The Morgan fingerprint density at radius 3 is 2.40 bits per heavy atom. The van der Waals surface area contributed by atoms with Gasteiger partial charge in [-0.3, -0.25) is 9.59 Å². The number of hydrogen-bond acceptors (Lipinski definition) is 4. The molecule has 5 heteroatoms. The smallest absolute Gasteiger partial charge is 0.223 e. The third-order valence-electron chi connectivity index (χ3n) is 3.99. The summed E-state index contributed by atoms with van der Waals surface area (Å²) in [5.41, 5.74) is 2.60. The summed E-state index contributed by atoms with van der Waals surface area (Å²) in [6, 6.07) is 9.49. The van der Waals surface area contributed by atoms with E-state index in [4.69, 9.17) is 4.52 Å². The highest BCUT2D eigenvalue weighted by atomic mass is 16.5. The minimum absolute atomic E-state index is 0.00451. The zero-order valence-electron chi connectivity index (χ0n) is 15.4. The van der Waals surface area contributed by atoms with Gasteiger partial charge < -0.3 is 9.42 Å². The van der Waals surface area contributed by atoms with Crippen molar-refractivity contribution in [3.63, 3.8) is 0 Å². The van der Waals surface area contributed by atoms with Crippen LogP contribution in [0.5, 0.6) is 0 Å². The van der Waals surface area contributed by atoms with E-state index in [1.54, 1.807) is 18.0 Å². The van der Waals surface area contributed by atoms with Crippen LogP contribution in [0.4, 0.5) is 0 Å². The first-order chi connectivity index (χ1) is 11.8. The Morgan fingerprint density at radius 1 is 1.16 bits per heavy atom. The maximum absolute atomic E-state index is 12.3. The van der Waals surface area contributed by atoms with E-state index in [1.165, 1.54) is 5.56 Å². The molecule has 1 aromatic heterocycles. The van der Waals surface area contributed by atoms with Gasteiger partial charge in [0.2, 0.25) is 5.91 Å². The van der Waals surface area contributed by atoms with Crippen LogP contribution in [0.15, 0.2) is 34.9 Å². The Hall–Kier alpha value is -2.43. The van der Waals surface area contributed by atoms with Gasteiger partial charge in [-0.25, -0.2) is 0 Å². The van der Waals surface area contributed by atoms with E-state index in [0.29, 0.717) is 29.5 Å². The number of amides is 1. The van der Waals surface area contributed by atoms with Crippen LogP contribution in [0.25, 0.3) is 0 Å². The minimum Gasteiger partial charge on any atom is -0.361 e. The summed E-state index contributed by atoms with van der Waals surface area (Å²) in [6.45, 7) is 6.53. The highest BCUT2D eigenvalue weighted by molar-refractivity contribution is 5.97. The van der Waals surface area contributed by atoms with Gasteiger partial charge in [0.25, 0.3) is 0 Å². The predicted octanol–water partition coefficient (Wildman–Crippen LogP) is 3.80. The van der Waals surface area contributed by atoms with E-state index in [0.717, 1.165) is 6.42 Å². The molecule has 0 N–H and O–H groups in total. The number of aromatic nitrogens is 1. The van der Waals surface area contributed by atoms with Crippen LogP contribution in [0.3, 0.4) is 0 Å². The van der Waals surface area contributed by atoms with Crippen molar-refractivity contribution in [3.8, 4) is 0 Å². The van der Waals surface area contributed by atoms with E-state index < -0.39 is 0 Å². The standard InChI is InChI=1S/C20H26N2O3/c1-14(2)11-16-5-7-17(8-6-16)19(23)9-10-20(24)22(4)13-18-12-15(3)25-21-18/h5-8,12,14H,9-11,13H2,1-4H3. The van der Waals surface area contributed by atoms with Gasteiger partial charge in [-0.05, 0) is 24.8 Å². The Bertz CT molecular complexity index is 717. The minimum atomic E-state index is -0.0783. The van der Waals surface area contributed by atoms with E-state index in [-0.39, 0.29) is 24.5 Å². The van der Waals surface area contributed by atoms with Crippen LogP contribution in [0, 0.1) is 12.8 Å². The summed E-state index contributed by atoms with van der Waals surface area (Å²) in [7, 11) is 1.71. The summed E-state index contributed by atoms with van der Waals surface area (Å²) in [5, 5.41) is 3.87. The average molecular weight is 342 g/mol. The molecule has 2 rings (SSSR count). The van der Waals surface area contributed by atoms with Gasteiger partial charge in [0, 0.05) is 31.5 Å². The number of ketones is 1. The first-order valence-electron chi connectivity index (χ1n) is 8.63. The molecule has 0 fully saturated rings. The van der Waals surface area contributed by atoms with Crippen LogP contribution in [-0.4, -0.2) is 28.8 Å². The maximum Gasteiger partial charge on any atom is 0.223 e. The van der Waals surface area contributed by atoms with Gasteiger partial charge in [0.05, 0.1) is 6.54 Å². The van der Waals surface area contributed by atoms with Gasteiger partial charge in [-0.1, -0.05) is 43.3 Å². The van der Waals surface area contributed by atoms with Crippen molar-refractivity contribution in [2.75, 3.05) is 7.05 Å². The summed E-state index contributed by atoms with van der Waals surface area (Å²) >= 11 is 0. The molecule has 0 unspecified atom stereocenters. The van der Waals surface area contributed by atoms with Crippen molar-refractivity contribution in [2.24, 2.45) is 5.92 Å². The number of nitrogens with zero attached hydrogens (tertiary/aromatic N) is 2. The summed E-state index contributed by atoms with van der Waals surface area (Å²) in [4.78, 5) is 26.0. The zero-order chi connectivity index (χ0) is 18.4. The molecule has 0 saturated heterocycles. The molecule has 0 radical (unpaired) electrons. The lowest BCUT2D eigenvalue weighted by molar-refractivity contribution is -0.130. The highest BCUT2D eigenvalue weighted by Crippen LogP contribution is 2.13. The number of benzene rings is 1. The molecule has 0 bridgehead atoms. The van der Waals surface area contributed by atoms with Crippen LogP contribution < -0.4 is 0 Å². The average Bonchev–Trinajstić information content (AvgIpc) is 2.97. The number of aryl methyl sites for hydroxylation is 1. The topological polar surface area (TPSA) is 63.4 Å². The number of carbonyl (C=O) groups is 2. The molecule has 134 valence electrons. The quantitative estimate of drug-likeness (QED) is 0.685. The third-order valence-corrected chi connectivity index (χ3v) is 3.99. The fourth-order valence-electron chi connectivity index (χ4n) is 2.68. The molecule has 0 aliphatic carbocycles. The Balaban J connectivity index is 1.83. The molecule has 0 atom stereocenters. The van der Waals surface area contributed by atoms with Crippen molar-refractivity contribution in [1.82, 2.24) is 10.1 Å². The normalized spacial score (nSPS) is 10.9. The van der Waals surface area contributed by atoms with Gasteiger partial charge in [0.1, 0.15) is 11.5 Å². The summed E-state index contributed by atoms with van der Waals surface area (Å²) in [5.74, 6) is 1.22. The lowest BCUT2D eigenvalue weighted by atomic mass is 9.99. The van der Waals surface area contributed by atoms with Crippen LogP contribution >= 0.6 is 0 Å². The van der Waals surface area contributed by atoms with Crippen molar-refractivity contribution < 1.29 is 14.1 Å². The van der Waals surface area contributed by atoms with E-state index in [2.05, 4.69) is 19.0 Å². The molecule has 0 aliphatic rings. The fourth-order valence-corrected chi connectivity index (χ4v) is 2.68. The third kappa shape index (κ3) is 5.85. The summed E-state index contributed by atoms with van der Waals surface area (Å²) < 4.78 is 4.99. The van der Waals surface area contributed by atoms with Crippen molar-refractivity contribution in [2.45, 2.75) is 46.6 Å². The molecule has 1 amide bonds. The second-order valence-electron chi connectivity index (χ2n) is 6.90. The Labute approximate surface area is 149 Å². The van der Waals surface area contributed by atoms with Crippen LogP contribution in [0.2, 0.25) is 0 Å². The Morgan fingerprint density at radius 2 is 1.84 bits per heavy atom. The van der Waals surface area contributed by atoms with Crippen LogP contribution in [-0.2, 0) is 17.8 Å². The van der Waals surface area contributed by atoms with Gasteiger partial charge in [0.15, 0.2) is 5.78 Å². The molecular weight excluding hydrogens is 316 g/mol. The fraction of sp³-hybridized carbons (Fsp3) is 0.450. The SMILES string of the molecule is Cc1cc(CN(C)C(=O)CCC(=O)c2ccc(CC(C)C)cc2)no1. The largest absolute Gasteiger partial charge is 0.361 e. The van der Waals surface area contributed by atoms with E-state index in [1.807, 2.05) is 31.2 Å². The second kappa shape index (κ2) is 8.60. The monoisotopic (exact) mass is 342 g/mol. The molecule has 2 aromatic rings. The van der Waals surface area contributed by atoms with Gasteiger partial charge in [-0.15, -0.1) is 0 Å². The first-order valence-corrected chi connectivity index (χ1v) is 8.63. The zero-order valence-corrected chi connectivity index (χ0v) is 15.4. The molecule has 25 heavy (non-hydrogen) atoms. The number of carbonyl (C=O) groups excluding carboxylic acids is 2. The molecule has 0 spiro atoms. The van der Waals surface area contributed by atoms with Crippen molar-refractivity contribution in [1.29, 1.82) is 0 Å². The molecule has 1 heterocycles.